The molecule has 0 bridgehead atoms. The molecule has 0 aliphatic heterocycles. The van der Waals surface area contributed by atoms with Gasteiger partial charge in [0.15, 0.2) is 5.13 Å². The van der Waals surface area contributed by atoms with Crippen molar-refractivity contribution in [1.82, 2.24) is 4.98 Å². The van der Waals surface area contributed by atoms with Gasteiger partial charge in [0.1, 0.15) is 4.88 Å². The van der Waals surface area contributed by atoms with Crippen molar-refractivity contribution in [3.05, 3.63) is 10.6 Å². The van der Waals surface area contributed by atoms with Crippen molar-refractivity contribution in [2.45, 2.75) is 50.9 Å². The van der Waals surface area contributed by atoms with Crippen LogP contribution in [0.4, 0.5) is 5.13 Å². The van der Waals surface area contributed by atoms with E-state index in [1.165, 1.54) is 6.42 Å². The van der Waals surface area contributed by atoms with Crippen molar-refractivity contribution in [3.8, 4) is 0 Å². The van der Waals surface area contributed by atoms with Crippen LogP contribution in [0.2, 0.25) is 0 Å². The van der Waals surface area contributed by atoms with Crippen LogP contribution in [-0.4, -0.2) is 22.0 Å². The fourth-order valence-corrected chi connectivity index (χ4v) is 3.64. The van der Waals surface area contributed by atoms with Crippen molar-refractivity contribution in [2.24, 2.45) is 5.92 Å². The van der Waals surface area contributed by atoms with E-state index in [2.05, 4.69) is 10.3 Å². The highest BCUT2D eigenvalue weighted by Crippen LogP contribution is 2.43. The van der Waals surface area contributed by atoms with E-state index in [-0.39, 0.29) is 22.6 Å². The Morgan fingerprint density at radius 2 is 1.85 bits per heavy atom. The predicted octanol–water partition coefficient (Wildman–Crippen LogP) is 3.24. The van der Waals surface area contributed by atoms with E-state index in [0.29, 0.717) is 10.8 Å². The molecule has 2 saturated carbocycles. The Bertz CT molecular complexity index is 531. The molecule has 2 aliphatic rings. The average Bonchev–Trinajstić information content (AvgIpc) is 3.21. The Labute approximate surface area is 121 Å². The number of anilines is 1. The molecule has 0 aromatic carbocycles. The zero-order chi connectivity index (χ0) is 14.1. The van der Waals surface area contributed by atoms with Crippen molar-refractivity contribution in [3.63, 3.8) is 0 Å². The topological polar surface area (TPSA) is 79.3 Å². The van der Waals surface area contributed by atoms with Gasteiger partial charge < -0.3 is 10.4 Å². The molecule has 6 heteroatoms. The molecule has 0 spiro atoms. The lowest BCUT2D eigenvalue weighted by atomic mass is 9.89. The molecule has 1 heterocycles. The van der Waals surface area contributed by atoms with Gasteiger partial charge in [0.2, 0.25) is 5.91 Å². The first-order valence-corrected chi connectivity index (χ1v) is 8.01. The molecule has 1 aromatic rings. The van der Waals surface area contributed by atoms with Crippen molar-refractivity contribution < 1.29 is 14.7 Å². The van der Waals surface area contributed by atoms with Gasteiger partial charge in [-0.05, 0) is 25.7 Å². The predicted molar refractivity (Wildman–Crippen MR) is 76.3 cm³/mol. The normalized spacial score (nSPS) is 19.8. The van der Waals surface area contributed by atoms with Gasteiger partial charge in [-0.1, -0.05) is 30.6 Å². The van der Waals surface area contributed by atoms with Gasteiger partial charge in [0, 0.05) is 11.8 Å². The fraction of sp³-hybridized carbons (Fsp3) is 0.643. The zero-order valence-electron chi connectivity index (χ0n) is 11.2. The number of hydrogen-bond acceptors (Lipinski definition) is 4. The number of amides is 1. The van der Waals surface area contributed by atoms with Gasteiger partial charge in [-0.25, -0.2) is 9.78 Å². The first kappa shape index (κ1) is 13.5. The van der Waals surface area contributed by atoms with E-state index in [1.807, 2.05) is 0 Å². The summed E-state index contributed by atoms with van der Waals surface area (Å²) >= 11 is 1.09. The summed E-state index contributed by atoms with van der Waals surface area (Å²) in [5.41, 5.74) is 0.654. The third kappa shape index (κ3) is 2.85. The second-order valence-electron chi connectivity index (χ2n) is 5.64. The molecule has 3 rings (SSSR count). The minimum Gasteiger partial charge on any atom is -0.477 e. The minimum absolute atomic E-state index is 0.00210. The summed E-state index contributed by atoms with van der Waals surface area (Å²) in [5.74, 6) is -0.608. The molecule has 0 unspecified atom stereocenters. The van der Waals surface area contributed by atoms with Crippen molar-refractivity contribution in [1.29, 1.82) is 0 Å². The molecule has 108 valence electrons. The van der Waals surface area contributed by atoms with Gasteiger partial charge in [0.05, 0.1) is 5.69 Å². The molecule has 0 saturated heterocycles. The lowest BCUT2D eigenvalue weighted by Crippen LogP contribution is -2.24. The maximum absolute atomic E-state index is 12.2. The molecule has 1 aromatic heterocycles. The van der Waals surface area contributed by atoms with E-state index in [1.54, 1.807) is 0 Å². The number of nitrogens with one attached hydrogen (secondary N) is 1. The molecular formula is C14H18N2O3S. The minimum atomic E-state index is -0.942. The molecular weight excluding hydrogens is 276 g/mol. The van der Waals surface area contributed by atoms with E-state index in [9.17, 15) is 14.7 Å². The summed E-state index contributed by atoms with van der Waals surface area (Å²) in [7, 11) is 0. The van der Waals surface area contributed by atoms with Crippen LogP contribution in [0.5, 0.6) is 0 Å². The molecule has 2 fully saturated rings. The first-order valence-electron chi connectivity index (χ1n) is 7.20. The lowest BCUT2D eigenvalue weighted by molar-refractivity contribution is -0.120. The SMILES string of the molecule is O=C(O)c1sc(NC(=O)C2CCCCC2)nc1C1CC1. The Hall–Kier alpha value is -1.43. The number of rotatable bonds is 4. The molecule has 5 nitrogen and oxygen atoms in total. The van der Waals surface area contributed by atoms with Crippen molar-refractivity contribution in [2.75, 3.05) is 5.32 Å². The second-order valence-corrected chi connectivity index (χ2v) is 6.64. The summed E-state index contributed by atoms with van der Waals surface area (Å²) in [4.78, 5) is 28.0. The number of aromatic nitrogens is 1. The Balaban J connectivity index is 1.72. The van der Waals surface area contributed by atoms with Crippen LogP contribution in [0.25, 0.3) is 0 Å². The van der Waals surface area contributed by atoms with Gasteiger partial charge >= 0.3 is 5.97 Å². The Kier molecular flexibility index (Phi) is 3.74. The van der Waals surface area contributed by atoms with Crippen LogP contribution in [0.15, 0.2) is 0 Å². The third-order valence-electron chi connectivity index (χ3n) is 4.02. The maximum Gasteiger partial charge on any atom is 0.347 e. The Morgan fingerprint density at radius 1 is 1.15 bits per heavy atom. The van der Waals surface area contributed by atoms with Crippen molar-refractivity contribution >= 4 is 28.3 Å². The summed E-state index contributed by atoms with van der Waals surface area (Å²) < 4.78 is 0. The van der Waals surface area contributed by atoms with E-state index in [4.69, 9.17) is 0 Å². The smallest absolute Gasteiger partial charge is 0.347 e. The van der Waals surface area contributed by atoms with E-state index in [0.717, 1.165) is 49.9 Å². The van der Waals surface area contributed by atoms with Crippen LogP contribution in [0.1, 0.15) is 66.2 Å². The van der Waals surface area contributed by atoms with Gasteiger partial charge in [-0.15, -0.1) is 0 Å². The number of carbonyl (C=O) groups excluding carboxylic acids is 1. The van der Waals surface area contributed by atoms with Gasteiger partial charge in [-0.2, -0.15) is 0 Å². The fourth-order valence-electron chi connectivity index (χ4n) is 2.74. The highest BCUT2D eigenvalue weighted by atomic mass is 32.1. The summed E-state index contributed by atoms with van der Waals surface area (Å²) in [6.45, 7) is 0. The molecule has 2 N–H and O–H groups in total. The van der Waals surface area contributed by atoms with Crippen LogP contribution in [-0.2, 0) is 4.79 Å². The lowest BCUT2D eigenvalue weighted by Gasteiger charge is -2.19. The highest BCUT2D eigenvalue weighted by Gasteiger charge is 2.32. The summed E-state index contributed by atoms with van der Waals surface area (Å²) in [6.07, 6.45) is 7.26. The monoisotopic (exact) mass is 294 g/mol. The Morgan fingerprint density at radius 3 is 2.45 bits per heavy atom. The highest BCUT2D eigenvalue weighted by molar-refractivity contribution is 7.17. The van der Waals surface area contributed by atoms with Crippen LogP contribution in [0, 0.1) is 5.92 Å². The summed E-state index contributed by atoms with van der Waals surface area (Å²) in [5, 5.41) is 12.5. The first-order chi connectivity index (χ1) is 9.65. The molecule has 2 aliphatic carbocycles. The number of carbonyl (C=O) groups is 2. The molecule has 0 atom stereocenters. The number of nitrogens with zero attached hydrogens (tertiary/aromatic N) is 1. The number of aromatic carboxylic acids is 1. The zero-order valence-corrected chi connectivity index (χ0v) is 12.0. The van der Waals surface area contributed by atoms with Gasteiger partial charge in [-0.3, -0.25) is 4.79 Å². The van der Waals surface area contributed by atoms with Crippen LogP contribution < -0.4 is 5.32 Å². The largest absolute Gasteiger partial charge is 0.477 e. The molecule has 0 radical (unpaired) electrons. The molecule has 20 heavy (non-hydrogen) atoms. The number of hydrogen-bond donors (Lipinski definition) is 2. The van der Waals surface area contributed by atoms with E-state index < -0.39 is 5.97 Å². The van der Waals surface area contributed by atoms with Crippen LogP contribution >= 0.6 is 11.3 Å². The standard InChI is InChI=1S/C14H18N2O3S/c17-12(9-4-2-1-3-5-9)16-14-15-10(8-6-7-8)11(20-14)13(18)19/h8-9H,1-7H2,(H,18,19)(H,15,16,17). The second kappa shape index (κ2) is 5.52. The molecule has 1 amide bonds. The van der Waals surface area contributed by atoms with Gasteiger partial charge in [0.25, 0.3) is 0 Å². The maximum atomic E-state index is 12.2. The quantitative estimate of drug-likeness (QED) is 0.893. The summed E-state index contributed by atoms with van der Waals surface area (Å²) in [6, 6.07) is 0. The average molecular weight is 294 g/mol. The number of thiazole rings is 1. The third-order valence-corrected chi connectivity index (χ3v) is 4.99. The van der Waals surface area contributed by atoms with Crippen LogP contribution in [0.3, 0.4) is 0 Å². The number of carboxylic acids is 1. The number of carboxylic acid groups (broad SMARTS) is 1. The van der Waals surface area contributed by atoms with E-state index >= 15 is 0 Å².